The lowest BCUT2D eigenvalue weighted by molar-refractivity contribution is -0.663. The Bertz CT molecular complexity index is 646. The molecule has 0 bridgehead atoms. The van der Waals surface area contributed by atoms with Crippen molar-refractivity contribution < 1.29 is 9.67 Å². The lowest BCUT2D eigenvalue weighted by Gasteiger charge is -2.04. The van der Waals surface area contributed by atoms with Gasteiger partial charge in [-0.1, -0.05) is 35.4 Å². The van der Waals surface area contributed by atoms with Gasteiger partial charge in [-0.15, -0.1) is 4.52 Å². The van der Waals surface area contributed by atoms with E-state index in [0.717, 1.165) is 5.56 Å². The van der Waals surface area contributed by atoms with Crippen molar-refractivity contribution in [3.63, 3.8) is 0 Å². The van der Waals surface area contributed by atoms with Gasteiger partial charge in [0.25, 0.3) is 5.65 Å². The molecule has 4 nitrogen and oxygen atoms in total. The number of benzene rings is 1. The molecule has 2 heterocycles. The van der Waals surface area contributed by atoms with Crippen molar-refractivity contribution >= 4 is 5.65 Å². The van der Waals surface area contributed by atoms with E-state index in [4.69, 9.17) is 0 Å². The molecule has 0 radical (unpaired) electrons. The maximum absolute atomic E-state index is 11.8. The van der Waals surface area contributed by atoms with Crippen molar-refractivity contribution in [3.8, 4) is 5.75 Å². The van der Waals surface area contributed by atoms with Gasteiger partial charge in [-0.2, -0.15) is 0 Å². The Kier molecular flexibility index (Phi) is 2.26. The van der Waals surface area contributed by atoms with Crippen molar-refractivity contribution in [3.05, 3.63) is 60.6 Å². The summed E-state index contributed by atoms with van der Waals surface area (Å²) < 4.78 is 3.51. The Morgan fingerprint density at radius 3 is 2.82 bits per heavy atom. The third-order valence-corrected chi connectivity index (χ3v) is 2.71. The van der Waals surface area contributed by atoms with Crippen LogP contribution in [-0.4, -0.2) is 9.61 Å². The average molecular weight is 225 g/mol. The Morgan fingerprint density at radius 2 is 2.00 bits per heavy atom. The van der Waals surface area contributed by atoms with Gasteiger partial charge in [0.15, 0.2) is 6.20 Å². The molecule has 0 N–H and O–H groups in total. The van der Waals surface area contributed by atoms with Gasteiger partial charge < -0.3 is 5.11 Å². The standard InChI is InChI=1S/C13H11N3O/c17-12-6-7-14-16-9-8-15(13(12)16)10-11-4-2-1-3-5-11/h1-9H,10H2. The lowest BCUT2D eigenvalue weighted by atomic mass is 10.2. The average Bonchev–Trinajstić information content (AvgIpc) is 2.75. The summed E-state index contributed by atoms with van der Waals surface area (Å²) in [5.74, 6) is -0.0130. The molecule has 1 aromatic carbocycles. The van der Waals surface area contributed by atoms with Gasteiger partial charge >= 0.3 is 0 Å². The molecule has 0 amide bonds. The Labute approximate surface area is 98.4 Å². The van der Waals surface area contributed by atoms with Crippen LogP contribution in [0.2, 0.25) is 0 Å². The topological polar surface area (TPSA) is 44.2 Å². The first-order valence-electron chi connectivity index (χ1n) is 5.41. The van der Waals surface area contributed by atoms with Crippen molar-refractivity contribution in [2.75, 3.05) is 0 Å². The highest BCUT2D eigenvalue weighted by molar-refractivity contribution is 5.44. The van der Waals surface area contributed by atoms with Crippen molar-refractivity contribution in [2.45, 2.75) is 6.54 Å². The third kappa shape index (κ3) is 1.73. The molecule has 3 rings (SSSR count). The van der Waals surface area contributed by atoms with Crippen LogP contribution in [0.1, 0.15) is 5.56 Å². The predicted octanol–water partition coefficient (Wildman–Crippen LogP) is 0.744. The summed E-state index contributed by atoms with van der Waals surface area (Å²) >= 11 is 0. The van der Waals surface area contributed by atoms with Crippen LogP contribution in [0.15, 0.2) is 55.0 Å². The fourth-order valence-electron chi connectivity index (χ4n) is 1.92. The first kappa shape index (κ1) is 9.84. The SMILES string of the molecule is [O-]c1ccnn2cc[n+](Cc3ccccc3)c12. The van der Waals surface area contributed by atoms with Crippen LogP contribution in [0.25, 0.3) is 5.65 Å². The number of hydrogen-bond donors (Lipinski definition) is 0. The molecular weight excluding hydrogens is 214 g/mol. The number of nitrogens with zero attached hydrogens (tertiary/aromatic N) is 3. The second kappa shape index (κ2) is 3.90. The Balaban J connectivity index is 2.07. The smallest absolute Gasteiger partial charge is 0.299 e. The highest BCUT2D eigenvalue weighted by Crippen LogP contribution is 2.09. The predicted molar refractivity (Wildman–Crippen MR) is 60.4 cm³/mol. The quantitative estimate of drug-likeness (QED) is 0.604. The van der Waals surface area contributed by atoms with Gasteiger partial charge in [-0.05, 0) is 17.4 Å². The molecule has 0 saturated heterocycles. The zero-order valence-corrected chi connectivity index (χ0v) is 9.15. The largest absolute Gasteiger partial charge is 0.867 e. The molecule has 17 heavy (non-hydrogen) atoms. The van der Waals surface area contributed by atoms with Gasteiger partial charge in [-0.3, -0.25) is 0 Å². The minimum Gasteiger partial charge on any atom is -0.867 e. The molecule has 0 aliphatic heterocycles. The van der Waals surface area contributed by atoms with E-state index in [9.17, 15) is 5.11 Å². The van der Waals surface area contributed by atoms with E-state index in [1.54, 1.807) is 10.7 Å². The van der Waals surface area contributed by atoms with Crippen molar-refractivity contribution in [1.29, 1.82) is 0 Å². The van der Waals surface area contributed by atoms with E-state index in [2.05, 4.69) is 5.10 Å². The number of aromatic nitrogens is 3. The summed E-state index contributed by atoms with van der Waals surface area (Å²) in [5.41, 5.74) is 1.75. The van der Waals surface area contributed by atoms with Crippen molar-refractivity contribution in [1.82, 2.24) is 9.61 Å². The number of fused-ring (bicyclic) bond motifs is 1. The number of rotatable bonds is 2. The highest BCUT2D eigenvalue weighted by atomic mass is 16.3. The summed E-state index contributed by atoms with van der Waals surface area (Å²) in [6.07, 6.45) is 5.18. The van der Waals surface area contributed by atoms with E-state index in [1.807, 2.05) is 41.1 Å². The fourth-order valence-corrected chi connectivity index (χ4v) is 1.92. The molecular formula is C13H11N3O. The molecule has 0 aliphatic rings. The van der Waals surface area contributed by atoms with E-state index >= 15 is 0 Å². The summed E-state index contributed by atoms with van der Waals surface area (Å²) in [6.45, 7) is 0.679. The molecule has 0 aliphatic carbocycles. The number of imidazole rings is 1. The first-order valence-corrected chi connectivity index (χ1v) is 5.41. The fraction of sp³-hybridized carbons (Fsp3) is 0.0769. The molecule has 84 valence electrons. The maximum Gasteiger partial charge on any atom is 0.299 e. The van der Waals surface area contributed by atoms with Gasteiger partial charge in [-0.25, -0.2) is 4.57 Å². The van der Waals surface area contributed by atoms with Crippen LogP contribution in [0.4, 0.5) is 0 Å². The molecule has 0 fully saturated rings. The third-order valence-electron chi connectivity index (χ3n) is 2.71. The minimum absolute atomic E-state index is 0.0130. The Hall–Kier alpha value is -2.36. The molecule has 2 aromatic heterocycles. The van der Waals surface area contributed by atoms with Crippen LogP contribution in [0.3, 0.4) is 0 Å². The molecule has 0 spiro atoms. The summed E-state index contributed by atoms with van der Waals surface area (Å²) in [6, 6.07) is 11.5. The second-order valence-corrected chi connectivity index (χ2v) is 3.88. The van der Waals surface area contributed by atoms with Crippen LogP contribution in [-0.2, 0) is 6.54 Å². The molecule has 3 aromatic rings. The van der Waals surface area contributed by atoms with E-state index in [0.29, 0.717) is 12.2 Å². The zero-order valence-electron chi connectivity index (χ0n) is 9.15. The van der Waals surface area contributed by atoms with Gasteiger partial charge in [0.05, 0.1) is 6.20 Å². The Morgan fingerprint density at radius 1 is 1.18 bits per heavy atom. The lowest BCUT2D eigenvalue weighted by Crippen LogP contribution is -2.33. The van der Waals surface area contributed by atoms with Crippen LogP contribution in [0, 0.1) is 0 Å². The summed E-state index contributed by atoms with van der Waals surface area (Å²) in [5, 5.41) is 15.9. The maximum atomic E-state index is 11.8. The normalized spacial score (nSPS) is 10.8. The molecule has 0 atom stereocenters. The van der Waals surface area contributed by atoms with Gasteiger partial charge in [0.1, 0.15) is 12.7 Å². The minimum atomic E-state index is -0.0130. The molecule has 0 unspecified atom stereocenters. The first-order chi connectivity index (χ1) is 8.34. The zero-order chi connectivity index (χ0) is 11.7. The van der Waals surface area contributed by atoms with Gasteiger partial charge in [0.2, 0.25) is 0 Å². The van der Waals surface area contributed by atoms with Crippen molar-refractivity contribution in [2.24, 2.45) is 0 Å². The summed E-state index contributed by atoms with van der Waals surface area (Å²) in [7, 11) is 0. The second-order valence-electron chi connectivity index (χ2n) is 3.88. The van der Waals surface area contributed by atoms with E-state index < -0.39 is 0 Å². The monoisotopic (exact) mass is 225 g/mol. The van der Waals surface area contributed by atoms with E-state index in [-0.39, 0.29) is 5.75 Å². The van der Waals surface area contributed by atoms with Crippen LogP contribution in [0.5, 0.6) is 5.75 Å². The van der Waals surface area contributed by atoms with E-state index in [1.165, 1.54) is 12.3 Å². The molecule has 0 saturated carbocycles. The van der Waals surface area contributed by atoms with Gasteiger partial charge in [0, 0.05) is 0 Å². The summed E-state index contributed by atoms with van der Waals surface area (Å²) in [4.78, 5) is 0. The molecule has 4 heteroatoms. The van der Waals surface area contributed by atoms with Crippen LogP contribution >= 0.6 is 0 Å². The number of hydrogen-bond acceptors (Lipinski definition) is 2. The van der Waals surface area contributed by atoms with Crippen LogP contribution < -0.4 is 9.67 Å². The highest BCUT2D eigenvalue weighted by Gasteiger charge is 2.10.